The van der Waals surface area contributed by atoms with Crippen molar-refractivity contribution in [3.63, 3.8) is 0 Å². The molecule has 1 nitrogen and oxygen atoms in total. The number of aryl methyl sites for hydroxylation is 2. The van der Waals surface area contributed by atoms with E-state index in [1.54, 1.807) is 0 Å². The molecule has 0 aliphatic rings. The lowest BCUT2D eigenvalue weighted by atomic mass is 10.0. The quantitative estimate of drug-likeness (QED) is 0.521. The molecule has 0 heterocycles. The monoisotopic (exact) mass is 253 g/mol. The molecular formula is C15H24ClN. The molecule has 96 valence electrons. The number of unbranched alkanes of at least 4 members (excludes halogenated alkanes) is 2. The molecule has 0 atom stereocenters. The molecule has 0 saturated heterocycles. The summed E-state index contributed by atoms with van der Waals surface area (Å²) in [5.41, 5.74) is 4.28. The largest absolute Gasteiger partial charge is 0.302 e. The molecule has 1 rings (SSSR count). The zero-order valence-electron chi connectivity index (χ0n) is 11.3. The summed E-state index contributed by atoms with van der Waals surface area (Å²) in [5, 5.41) is 0. The van der Waals surface area contributed by atoms with Gasteiger partial charge in [-0.3, -0.25) is 0 Å². The van der Waals surface area contributed by atoms with E-state index in [4.69, 9.17) is 11.6 Å². The number of nitrogens with zero attached hydrogens (tertiary/aromatic N) is 1. The molecule has 0 bridgehead atoms. The average molecular weight is 254 g/mol. The third-order valence-corrected chi connectivity index (χ3v) is 3.51. The van der Waals surface area contributed by atoms with Gasteiger partial charge in [0.25, 0.3) is 0 Å². The first kappa shape index (κ1) is 14.5. The molecule has 1 aromatic carbocycles. The molecule has 17 heavy (non-hydrogen) atoms. The summed E-state index contributed by atoms with van der Waals surface area (Å²) < 4.78 is 0. The van der Waals surface area contributed by atoms with Crippen LogP contribution in [0.3, 0.4) is 0 Å². The van der Waals surface area contributed by atoms with Crippen molar-refractivity contribution in [2.75, 3.05) is 19.5 Å². The van der Waals surface area contributed by atoms with Gasteiger partial charge in [0.15, 0.2) is 0 Å². The number of rotatable bonds is 7. The Balaban J connectivity index is 2.42. The van der Waals surface area contributed by atoms with Crippen molar-refractivity contribution in [3.05, 3.63) is 34.9 Å². The minimum Gasteiger partial charge on any atom is -0.302 e. The summed E-state index contributed by atoms with van der Waals surface area (Å²) >= 11 is 5.67. The molecule has 0 amide bonds. The molecule has 0 aromatic heterocycles. The molecule has 0 fully saturated rings. The minimum atomic E-state index is 0.792. The molecule has 0 spiro atoms. The Labute approximate surface area is 111 Å². The van der Waals surface area contributed by atoms with Crippen LogP contribution in [0.2, 0.25) is 0 Å². The third kappa shape index (κ3) is 5.10. The second kappa shape index (κ2) is 7.73. The van der Waals surface area contributed by atoms with Gasteiger partial charge in [0.2, 0.25) is 0 Å². The van der Waals surface area contributed by atoms with Crippen LogP contribution in [0.5, 0.6) is 0 Å². The molecule has 0 saturated carbocycles. The van der Waals surface area contributed by atoms with E-state index < -0.39 is 0 Å². The smallest absolute Gasteiger partial charge is 0.0235 e. The lowest BCUT2D eigenvalue weighted by Gasteiger charge is -2.19. The summed E-state index contributed by atoms with van der Waals surface area (Å²) in [6.07, 6.45) is 3.62. The van der Waals surface area contributed by atoms with Crippen molar-refractivity contribution in [1.82, 2.24) is 4.90 Å². The zero-order valence-corrected chi connectivity index (χ0v) is 12.1. The molecule has 0 aliphatic carbocycles. The Bertz CT molecular complexity index is 315. The summed E-state index contributed by atoms with van der Waals surface area (Å²) in [7, 11) is 2.20. The van der Waals surface area contributed by atoms with Crippen molar-refractivity contribution in [2.24, 2.45) is 0 Å². The Morgan fingerprint density at radius 1 is 1.06 bits per heavy atom. The Morgan fingerprint density at radius 2 is 1.71 bits per heavy atom. The van der Waals surface area contributed by atoms with Crippen LogP contribution < -0.4 is 0 Å². The van der Waals surface area contributed by atoms with E-state index in [-0.39, 0.29) is 0 Å². The highest BCUT2D eigenvalue weighted by atomic mass is 35.5. The van der Waals surface area contributed by atoms with E-state index in [0.717, 1.165) is 25.4 Å². The third-order valence-electron chi connectivity index (χ3n) is 3.25. The number of alkyl halides is 1. The predicted molar refractivity (Wildman–Crippen MR) is 76.8 cm³/mol. The standard InChI is InChI=1S/C15H24ClN/c1-13-8-7-9-14(2)15(13)12-17(3)11-6-4-5-10-16/h7-9H,4-6,10-12H2,1-3H3. The molecule has 0 aliphatic heterocycles. The maximum absolute atomic E-state index is 5.67. The van der Waals surface area contributed by atoms with Crippen molar-refractivity contribution >= 4 is 11.6 Å². The first-order valence-corrected chi connectivity index (χ1v) is 6.98. The summed E-state index contributed by atoms with van der Waals surface area (Å²) in [5.74, 6) is 0.792. The molecule has 2 heteroatoms. The number of hydrogen-bond acceptors (Lipinski definition) is 1. The van der Waals surface area contributed by atoms with Gasteiger partial charge in [-0.15, -0.1) is 11.6 Å². The summed E-state index contributed by atoms with van der Waals surface area (Å²) in [6, 6.07) is 6.53. The molecule has 0 N–H and O–H groups in total. The highest BCUT2D eigenvalue weighted by Crippen LogP contribution is 2.15. The Kier molecular flexibility index (Phi) is 6.61. The van der Waals surface area contributed by atoms with Gasteiger partial charge >= 0.3 is 0 Å². The van der Waals surface area contributed by atoms with Crippen LogP contribution >= 0.6 is 11.6 Å². The fourth-order valence-electron chi connectivity index (χ4n) is 2.10. The van der Waals surface area contributed by atoms with Gasteiger partial charge in [0.1, 0.15) is 0 Å². The van der Waals surface area contributed by atoms with Crippen molar-refractivity contribution in [1.29, 1.82) is 0 Å². The van der Waals surface area contributed by atoms with Gasteiger partial charge < -0.3 is 4.90 Å². The van der Waals surface area contributed by atoms with Gasteiger partial charge in [-0.25, -0.2) is 0 Å². The van der Waals surface area contributed by atoms with Crippen molar-refractivity contribution in [3.8, 4) is 0 Å². The van der Waals surface area contributed by atoms with E-state index >= 15 is 0 Å². The summed E-state index contributed by atoms with van der Waals surface area (Å²) in [4.78, 5) is 2.41. The minimum absolute atomic E-state index is 0.792. The van der Waals surface area contributed by atoms with Gasteiger partial charge in [-0.1, -0.05) is 24.6 Å². The lowest BCUT2D eigenvalue weighted by Crippen LogP contribution is -2.20. The van der Waals surface area contributed by atoms with Crippen LogP contribution in [0.15, 0.2) is 18.2 Å². The van der Waals surface area contributed by atoms with Crippen LogP contribution in [-0.4, -0.2) is 24.4 Å². The first-order chi connectivity index (χ1) is 8.15. The molecule has 0 unspecified atom stereocenters. The van der Waals surface area contributed by atoms with E-state index in [0.29, 0.717) is 0 Å². The Hall–Kier alpha value is -0.530. The maximum atomic E-state index is 5.67. The van der Waals surface area contributed by atoms with E-state index in [9.17, 15) is 0 Å². The summed E-state index contributed by atoms with van der Waals surface area (Å²) in [6.45, 7) is 6.61. The number of benzene rings is 1. The van der Waals surface area contributed by atoms with Gasteiger partial charge in [0, 0.05) is 12.4 Å². The SMILES string of the molecule is Cc1cccc(C)c1CN(C)CCCCCCl. The van der Waals surface area contributed by atoms with E-state index in [1.165, 1.54) is 29.5 Å². The second-order valence-electron chi connectivity index (χ2n) is 4.86. The zero-order chi connectivity index (χ0) is 12.7. The highest BCUT2D eigenvalue weighted by Gasteiger charge is 2.05. The van der Waals surface area contributed by atoms with Gasteiger partial charge in [-0.2, -0.15) is 0 Å². The fraction of sp³-hybridized carbons (Fsp3) is 0.600. The lowest BCUT2D eigenvalue weighted by molar-refractivity contribution is 0.317. The topological polar surface area (TPSA) is 3.24 Å². The van der Waals surface area contributed by atoms with Gasteiger partial charge in [0.05, 0.1) is 0 Å². The van der Waals surface area contributed by atoms with Crippen LogP contribution in [0, 0.1) is 13.8 Å². The highest BCUT2D eigenvalue weighted by molar-refractivity contribution is 6.17. The second-order valence-corrected chi connectivity index (χ2v) is 5.24. The Morgan fingerprint density at radius 3 is 2.29 bits per heavy atom. The van der Waals surface area contributed by atoms with E-state index in [1.807, 2.05) is 0 Å². The maximum Gasteiger partial charge on any atom is 0.0235 e. The normalized spacial score (nSPS) is 11.1. The molecule has 0 radical (unpaired) electrons. The van der Waals surface area contributed by atoms with Crippen LogP contribution in [-0.2, 0) is 6.54 Å². The van der Waals surface area contributed by atoms with Gasteiger partial charge in [-0.05, 0) is 57.0 Å². The number of halogens is 1. The van der Waals surface area contributed by atoms with Crippen LogP contribution in [0.4, 0.5) is 0 Å². The fourth-order valence-corrected chi connectivity index (χ4v) is 2.29. The van der Waals surface area contributed by atoms with Crippen molar-refractivity contribution in [2.45, 2.75) is 39.7 Å². The van der Waals surface area contributed by atoms with Crippen LogP contribution in [0.25, 0.3) is 0 Å². The van der Waals surface area contributed by atoms with E-state index in [2.05, 4.69) is 44.0 Å². The van der Waals surface area contributed by atoms with Crippen LogP contribution in [0.1, 0.15) is 36.0 Å². The number of hydrogen-bond donors (Lipinski definition) is 0. The molecule has 1 aromatic rings. The predicted octanol–water partition coefficient (Wildman–Crippen LogP) is 4.14. The molecular weight excluding hydrogens is 230 g/mol. The van der Waals surface area contributed by atoms with Crippen molar-refractivity contribution < 1.29 is 0 Å². The average Bonchev–Trinajstić information content (AvgIpc) is 2.30. The first-order valence-electron chi connectivity index (χ1n) is 6.44.